The first-order chi connectivity index (χ1) is 12.5. The van der Waals surface area contributed by atoms with Crippen molar-refractivity contribution in [2.45, 2.75) is 6.92 Å². The number of carbonyl (C=O) groups is 2. The van der Waals surface area contributed by atoms with Crippen LogP contribution in [0.1, 0.15) is 17.3 Å². The van der Waals surface area contributed by atoms with Crippen LogP contribution in [0.4, 0.5) is 17.1 Å². The Labute approximate surface area is 151 Å². The number of rotatable bonds is 6. The van der Waals surface area contributed by atoms with Crippen LogP contribution in [0.25, 0.3) is 0 Å². The molecule has 0 heterocycles. The normalized spacial score (nSPS) is 10.5. The highest BCUT2D eigenvalue weighted by Crippen LogP contribution is 2.13. The average molecular weight is 350 g/mol. The minimum atomic E-state index is -0.548. The molecule has 0 bridgehead atoms. The second kappa shape index (κ2) is 8.89. The number of amides is 1. The molecule has 7 heteroatoms. The third-order valence-corrected chi connectivity index (χ3v) is 3.31. The van der Waals surface area contributed by atoms with Crippen molar-refractivity contribution in [1.82, 2.24) is 0 Å². The van der Waals surface area contributed by atoms with Gasteiger partial charge in [-0.3, -0.25) is 4.79 Å². The number of hydrogen-bond acceptors (Lipinski definition) is 6. The summed E-state index contributed by atoms with van der Waals surface area (Å²) in [7, 11) is 0. The highest BCUT2D eigenvalue weighted by Gasteiger charge is 2.09. The number of esters is 1. The van der Waals surface area contributed by atoms with Crippen molar-refractivity contribution in [3.05, 3.63) is 65.9 Å². The predicted octanol–water partition coefficient (Wildman–Crippen LogP) is 2.90. The second-order valence-electron chi connectivity index (χ2n) is 5.19. The monoisotopic (exact) mass is 350 g/mol. The van der Waals surface area contributed by atoms with Crippen LogP contribution in [-0.4, -0.2) is 18.5 Å². The van der Waals surface area contributed by atoms with Crippen LogP contribution >= 0.6 is 0 Å². The summed E-state index contributed by atoms with van der Waals surface area (Å²) in [4.78, 5) is 23.7. The average Bonchev–Trinajstić information content (AvgIpc) is 2.65. The summed E-state index contributed by atoms with van der Waals surface area (Å²) in [5.41, 5.74) is 7.63. The number of nitrogens with zero attached hydrogens (tertiary/aromatic N) is 1. The number of nitrogens with one attached hydrogen (secondary N) is 2. The number of nitrogens with two attached hydrogens (primary N) is 1. The van der Waals surface area contributed by atoms with E-state index in [9.17, 15) is 14.9 Å². The molecule has 0 aliphatic rings. The molecule has 0 radical (unpaired) electrons. The summed E-state index contributed by atoms with van der Waals surface area (Å²) in [5.74, 6) is -0.955. The zero-order chi connectivity index (χ0) is 18.9. The molecule has 0 aliphatic carbocycles. The Morgan fingerprint density at radius 1 is 1.12 bits per heavy atom. The van der Waals surface area contributed by atoms with E-state index in [1.165, 1.54) is 6.20 Å². The van der Waals surface area contributed by atoms with Crippen LogP contribution in [0.5, 0.6) is 0 Å². The van der Waals surface area contributed by atoms with E-state index in [2.05, 4.69) is 10.6 Å². The lowest BCUT2D eigenvalue weighted by atomic mass is 10.2. The fourth-order valence-corrected chi connectivity index (χ4v) is 1.99. The maximum absolute atomic E-state index is 12.1. The zero-order valence-corrected chi connectivity index (χ0v) is 14.2. The molecule has 2 aromatic carbocycles. The molecule has 26 heavy (non-hydrogen) atoms. The number of carbonyl (C=O) groups excluding carboxylic acids is 2. The number of hydrogen-bond donors (Lipinski definition) is 3. The van der Waals surface area contributed by atoms with Crippen LogP contribution in [0, 0.1) is 11.3 Å². The van der Waals surface area contributed by atoms with Gasteiger partial charge in [0, 0.05) is 23.3 Å². The van der Waals surface area contributed by atoms with Crippen molar-refractivity contribution < 1.29 is 14.3 Å². The fourth-order valence-electron chi connectivity index (χ4n) is 1.99. The van der Waals surface area contributed by atoms with E-state index in [-0.39, 0.29) is 5.57 Å². The van der Waals surface area contributed by atoms with Crippen molar-refractivity contribution in [3.8, 4) is 6.07 Å². The summed E-state index contributed by atoms with van der Waals surface area (Å²) >= 11 is 0. The lowest BCUT2D eigenvalue weighted by Gasteiger charge is -2.06. The van der Waals surface area contributed by atoms with Gasteiger partial charge in [0.2, 0.25) is 0 Å². The van der Waals surface area contributed by atoms with Gasteiger partial charge in [-0.15, -0.1) is 0 Å². The summed E-state index contributed by atoms with van der Waals surface area (Å²) in [5, 5.41) is 14.6. The van der Waals surface area contributed by atoms with Crippen molar-refractivity contribution in [2.75, 3.05) is 23.0 Å². The van der Waals surface area contributed by atoms with Crippen LogP contribution in [-0.2, 0) is 9.53 Å². The molecule has 7 nitrogen and oxygen atoms in total. The van der Waals surface area contributed by atoms with Gasteiger partial charge in [0.25, 0.3) is 5.91 Å². The maximum atomic E-state index is 12.1. The van der Waals surface area contributed by atoms with Crippen molar-refractivity contribution in [3.63, 3.8) is 0 Å². The highest BCUT2D eigenvalue weighted by atomic mass is 16.5. The lowest BCUT2D eigenvalue weighted by Crippen LogP contribution is -2.14. The van der Waals surface area contributed by atoms with E-state index in [1.807, 2.05) is 6.07 Å². The van der Waals surface area contributed by atoms with Gasteiger partial charge in [0.1, 0.15) is 11.6 Å². The van der Waals surface area contributed by atoms with Crippen molar-refractivity contribution in [1.29, 1.82) is 5.26 Å². The Morgan fingerprint density at radius 2 is 1.73 bits per heavy atom. The Kier molecular flexibility index (Phi) is 6.34. The number of ether oxygens (including phenoxy) is 1. The molecule has 0 saturated heterocycles. The fraction of sp³-hybridized carbons (Fsp3) is 0.105. The van der Waals surface area contributed by atoms with Crippen LogP contribution in [0.2, 0.25) is 0 Å². The maximum Gasteiger partial charge on any atom is 0.338 e. The van der Waals surface area contributed by atoms with Gasteiger partial charge in [0.15, 0.2) is 0 Å². The van der Waals surface area contributed by atoms with Gasteiger partial charge in [-0.25, -0.2) is 4.79 Å². The van der Waals surface area contributed by atoms with Gasteiger partial charge >= 0.3 is 5.97 Å². The SMILES string of the molecule is CCOC(=O)c1ccc(N/C=C(/C#N)C(=O)Nc2ccc(N)cc2)cc1. The topological polar surface area (TPSA) is 117 Å². The molecule has 0 aliphatic heterocycles. The number of benzene rings is 2. The largest absolute Gasteiger partial charge is 0.462 e. The Bertz CT molecular complexity index is 850. The summed E-state index contributed by atoms with van der Waals surface area (Å²) < 4.78 is 4.90. The minimum Gasteiger partial charge on any atom is -0.462 e. The molecule has 0 unspecified atom stereocenters. The molecule has 132 valence electrons. The van der Waals surface area contributed by atoms with Crippen LogP contribution < -0.4 is 16.4 Å². The molecule has 0 aromatic heterocycles. The number of nitriles is 1. The van der Waals surface area contributed by atoms with Crippen LogP contribution in [0.15, 0.2) is 60.3 Å². The summed E-state index contributed by atoms with van der Waals surface area (Å²) in [6.45, 7) is 2.04. The molecule has 2 rings (SSSR count). The van der Waals surface area contributed by atoms with E-state index in [0.29, 0.717) is 29.2 Å². The van der Waals surface area contributed by atoms with Gasteiger partial charge in [-0.05, 0) is 55.5 Å². The zero-order valence-electron chi connectivity index (χ0n) is 14.2. The first kappa shape index (κ1) is 18.5. The first-order valence-corrected chi connectivity index (χ1v) is 7.84. The predicted molar refractivity (Wildman–Crippen MR) is 99.2 cm³/mol. The Hall–Kier alpha value is -3.79. The second-order valence-corrected chi connectivity index (χ2v) is 5.19. The van der Waals surface area contributed by atoms with Gasteiger partial charge in [0.05, 0.1) is 12.2 Å². The molecule has 0 fully saturated rings. The Morgan fingerprint density at radius 3 is 2.31 bits per heavy atom. The van der Waals surface area contributed by atoms with E-state index < -0.39 is 11.9 Å². The molecule has 1 amide bonds. The molecule has 4 N–H and O–H groups in total. The third-order valence-electron chi connectivity index (χ3n) is 3.31. The Balaban J connectivity index is 2.02. The molecular formula is C19H18N4O3. The van der Waals surface area contributed by atoms with Crippen molar-refractivity contribution >= 4 is 28.9 Å². The lowest BCUT2D eigenvalue weighted by molar-refractivity contribution is -0.112. The van der Waals surface area contributed by atoms with Gasteiger partial charge in [-0.1, -0.05) is 0 Å². The van der Waals surface area contributed by atoms with E-state index >= 15 is 0 Å². The number of anilines is 3. The van der Waals surface area contributed by atoms with Crippen molar-refractivity contribution in [2.24, 2.45) is 0 Å². The standard InChI is InChI=1S/C19H18N4O3/c1-2-26-19(25)13-3-7-16(8-4-13)22-12-14(11-20)18(24)23-17-9-5-15(21)6-10-17/h3-10,12,22H,2,21H2,1H3,(H,23,24)/b14-12-. The van der Waals surface area contributed by atoms with Gasteiger partial charge in [-0.2, -0.15) is 5.26 Å². The van der Waals surface area contributed by atoms with E-state index in [1.54, 1.807) is 55.5 Å². The molecule has 0 spiro atoms. The highest BCUT2D eigenvalue weighted by molar-refractivity contribution is 6.06. The number of nitrogen functional groups attached to an aromatic ring is 1. The first-order valence-electron chi connectivity index (χ1n) is 7.84. The van der Waals surface area contributed by atoms with E-state index in [0.717, 1.165) is 0 Å². The van der Waals surface area contributed by atoms with E-state index in [4.69, 9.17) is 10.5 Å². The van der Waals surface area contributed by atoms with Gasteiger partial charge < -0.3 is 21.1 Å². The summed E-state index contributed by atoms with van der Waals surface area (Å²) in [6.07, 6.45) is 1.30. The molecular weight excluding hydrogens is 332 g/mol. The minimum absolute atomic E-state index is 0.101. The molecule has 0 saturated carbocycles. The molecule has 0 atom stereocenters. The van der Waals surface area contributed by atoms with Crippen LogP contribution in [0.3, 0.4) is 0 Å². The molecule has 2 aromatic rings. The quantitative estimate of drug-likeness (QED) is 0.319. The summed E-state index contributed by atoms with van der Waals surface area (Å²) in [6, 6.07) is 14.9. The smallest absolute Gasteiger partial charge is 0.338 e. The third kappa shape index (κ3) is 5.11.